The van der Waals surface area contributed by atoms with Crippen molar-refractivity contribution in [3.63, 3.8) is 0 Å². The first-order valence-electron chi connectivity index (χ1n) is 12.7. The lowest BCUT2D eigenvalue weighted by Crippen LogP contribution is -2.30. The van der Waals surface area contributed by atoms with Crippen molar-refractivity contribution in [3.8, 4) is 0 Å². The van der Waals surface area contributed by atoms with Crippen molar-refractivity contribution in [1.82, 2.24) is 5.32 Å². The molecule has 0 radical (unpaired) electrons. The molecule has 0 fully saturated rings. The molecule has 0 bridgehead atoms. The molecule has 0 aliphatic heterocycles. The summed E-state index contributed by atoms with van der Waals surface area (Å²) in [7, 11) is 3.88. The molecule has 0 spiro atoms. The molecule has 3 N–H and O–H groups in total. The Balaban J connectivity index is 1.41. The first-order chi connectivity index (χ1) is 19.8. The van der Waals surface area contributed by atoms with Crippen LogP contribution in [0.4, 0.5) is 21.5 Å². The van der Waals surface area contributed by atoms with E-state index in [0.29, 0.717) is 16.9 Å². The molecule has 7 nitrogen and oxygen atoms in total. The van der Waals surface area contributed by atoms with Crippen LogP contribution in [-0.4, -0.2) is 37.6 Å². The highest BCUT2D eigenvalue weighted by Gasteiger charge is 2.15. The van der Waals surface area contributed by atoms with Crippen LogP contribution in [0, 0.1) is 5.82 Å². The van der Waals surface area contributed by atoms with Crippen molar-refractivity contribution in [1.29, 1.82) is 0 Å². The van der Waals surface area contributed by atoms with Crippen LogP contribution in [0.3, 0.4) is 0 Å². The van der Waals surface area contributed by atoms with Gasteiger partial charge in [-0.05, 0) is 84.4 Å². The Labute approximate surface area is 242 Å². The minimum Gasteiger partial charge on any atom is -0.378 e. The highest BCUT2D eigenvalue weighted by molar-refractivity contribution is 8.00. The maximum atomic E-state index is 13.3. The largest absolute Gasteiger partial charge is 0.378 e. The molecule has 0 saturated carbocycles. The van der Waals surface area contributed by atoms with E-state index in [2.05, 4.69) is 16.0 Å². The van der Waals surface area contributed by atoms with Crippen molar-refractivity contribution in [2.75, 3.05) is 35.4 Å². The summed E-state index contributed by atoms with van der Waals surface area (Å²) in [5.74, 6) is -1.31. The van der Waals surface area contributed by atoms with Gasteiger partial charge in [0.25, 0.3) is 11.8 Å². The number of anilines is 3. The summed E-state index contributed by atoms with van der Waals surface area (Å²) < 4.78 is 13.0. The predicted octanol–water partition coefficient (Wildman–Crippen LogP) is 6.03. The first kappa shape index (κ1) is 29.1. The van der Waals surface area contributed by atoms with Gasteiger partial charge in [-0.25, -0.2) is 4.39 Å². The SMILES string of the molecule is CN(C)c1ccc(/C=C(\NC(=O)c2ccccc2)C(=O)Nc2ccc(SCC(=O)Nc3ccc(F)cc3)cc2)cc1. The first-order valence-corrected chi connectivity index (χ1v) is 13.7. The number of rotatable bonds is 10. The fraction of sp³-hybridized carbons (Fsp3) is 0.0938. The Hall–Kier alpha value is -4.89. The van der Waals surface area contributed by atoms with Crippen LogP contribution in [0.1, 0.15) is 15.9 Å². The fourth-order valence-electron chi connectivity index (χ4n) is 3.69. The van der Waals surface area contributed by atoms with E-state index in [1.807, 2.05) is 49.3 Å². The third-order valence-corrected chi connectivity index (χ3v) is 6.87. The second kappa shape index (κ2) is 14.0. The lowest BCUT2D eigenvalue weighted by Gasteiger charge is -2.13. The van der Waals surface area contributed by atoms with E-state index in [-0.39, 0.29) is 23.2 Å². The molecule has 0 saturated heterocycles. The standard InChI is InChI=1S/C32H29FN4O3S/c1-37(2)27-16-8-22(9-17-27)20-29(36-31(39)23-6-4-3-5-7-23)32(40)35-26-14-18-28(19-15-26)41-21-30(38)34-25-12-10-24(33)11-13-25/h3-20H,21H2,1-2H3,(H,34,38)(H,35,40)(H,36,39)/b29-20-. The summed E-state index contributed by atoms with van der Waals surface area (Å²) in [6.45, 7) is 0. The smallest absolute Gasteiger partial charge is 0.272 e. The lowest BCUT2D eigenvalue weighted by molar-refractivity contribution is -0.114. The number of hydrogen-bond donors (Lipinski definition) is 3. The molecule has 4 aromatic rings. The van der Waals surface area contributed by atoms with Gasteiger partial charge in [-0.3, -0.25) is 14.4 Å². The highest BCUT2D eigenvalue weighted by atomic mass is 32.2. The van der Waals surface area contributed by atoms with Gasteiger partial charge in [0.05, 0.1) is 5.75 Å². The molecule has 41 heavy (non-hydrogen) atoms. The van der Waals surface area contributed by atoms with Crippen LogP contribution in [0.5, 0.6) is 0 Å². The summed E-state index contributed by atoms with van der Waals surface area (Å²) >= 11 is 1.33. The zero-order chi connectivity index (χ0) is 29.2. The molecule has 4 aromatic carbocycles. The van der Waals surface area contributed by atoms with Crippen molar-refractivity contribution in [2.24, 2.45) is 0 Å². The number of carbonyl (C=O) groups is 3. The average Bonchev–Trinajstić information content (AvgIpc) is 2.98. The highest BCUT2D eigenvalue weighted by Crippen LogP contribution is 2.22. The minimum absolute atomic E-state index is 0.0902. The van der Waals surface area contributed by atoms with E-state index in [4.69, 9.17) is 0 Å². The number of nitrogens with one attached hydrogen (secondary N) is 3. The van der Waals surface area contributed by atoms with Crippen LogP contribution in [0.2, 0.25) is 0 Å². The van der Waals surface area contributed by atoms with Crippen molar-refractivity contribution in [3.05, 3.63) is 126 Å². The third-order valence-electron chi connectivity index (χ3n) is 5.86. The van der Waals surface area contributed by atoms with Crippen molar-refractivity contribution >= 4 is 52.6 Å². The molecule has 0 aromatic heterocycles. The van der Waals surface area contributed by atoms with E-state index in [0.717, 1.165) is 16.1 Å². The Morgan fingerprint density at radius 1 is 0.780 bits per heavy atom. The van der Waals surface area contributed by atoms with Gasteiger partial charge in [-0.15, -0.1) is 11.8 Å². The van der Waals surface area contributed by atoms with Crippen LogP contribution in [0.15, 0.2) is 114 Å². The zero-order valence-electron chi connectivity index (χ0n) is 22.6. The topological polar surface area (TPSA) is 90.5 Å². The summed E-state index contributed by atoms with van der Waals surface area (Å²) in [6.07, 6.45) is 1.62. The number of thioether (sulfide) groups is 1. The van der Waals surface area contributed by atoms with Gasteiger partial charge in [0.1, 0.15) is 11.5 Å². The maximum absolute atomic E-state index is 13.3. The number of benzene rings is 4. The van der Waals surface area contributed by atoms with E-state index >= 15 is 0 Å². The number of amides is 3. The monoisotopic (exact) mass is 568 g/mol. The molecule has 9 heteroatoms. The maximum Gasteiger partial charge on any atom is 0.272 e. The van der Waals surface area contributed by atoms with Gasteiger partial charge in [-0.2, -0.15) is 0 Å². The number of hydrogen-bond acceptors (Lipinski definition) is 5. The van der Waals surface area contributed by atoms with Crippen molar-refractivity contribution in [2.45, 2.75) is 4.90 Å². The molecule has 3 amide bonds. The molecule has 4 rings (SSSR count). The zero-order valence-corrected chi connectivity index (χ0v) is 23.4. The van der Waals surface area contributed by atoms with Crippen LogP contribution >= 0.6 is 11.8 Å². The molecule has 0 aliphatic rings. The summed E-state index contributed by atoms with van der Waals surface area (Å²) in [5.41, 5.74) is 3.32. The molecule has 208 valence electrons. The van der Waals surface area contributed by atoms with Gasteiger partial charge < -0.3 is 20.9 Å². The lowest BCUT2D eigenvalue weighted by atomic mass is 10.1. The second-order valence-corrected chi connectivity index (χ2v) is 10.2. The summed E-state index contributed by atoms with van der Waals surface area (Å²) in [6, 6.07) is 28.8. The Morgan fingerprint density at radius 3 is 2.02 bits per heavy atom. The third kappa shape index (κ3) is 8.81. The van der Waals surface area contributed by atoms with Crippen LogP contribution in [-0.2, 0) is 9.59 Å². The molecule has 0 atom stereocenters. The second-order valence-electron chi connectivity index (χ2n) is 9.19. The molecular weight excluding hydrogens is 539 g/mol. The van der Waals surface area contributed by atoms with Gasteiger partial charge in [-0.1, -0.05) is 30.3 Å². The Bertz CT molecular complexity index is 1520. The van der Waals surface area contributed by atoms with E-state index in [1.54, 1.807) is 54.6 Å². The molecule has 0 heterocycles. The van der Waals surface area contributed by atoms with Crippen molar-refractivity contribution < 1.29 is 18.8 Å². The predicted molar refractivity (Wildman–Crippen MR) is 163 cm³/mol. The Morgan fingerprint density at radius 2 is 1.39 bits per heavy atom. The molecule has 0 aliphatic carbocycles. The Kier molecular flexibility index (Phi) is 9.90. The van der Waals surface area contributed by atoms with E-state index < -0.39 is 11.8 Å². The number of carbonyl (C=O) groups excluding carboxylic acids is 3. The summed E-state index contributed by atoms with van der Waals surface area (Å²) in [5, 5.41) is 8.28. The van der Waals surface area contributed by atoms with E-state index in [1.165, 1.54) is 36.0 Å². The normalized spacial score (nSPS) is 11.0. The minimum atomic E-state index is -0.481. The molecule has 0 unspecified atom stereocenters. The number of halogens is 1. The average molecular weight is 569 g/mol. The quantitative estimate of drug-likeness (QED) is 0.161. The van der Waals surface area contributed by atoms with Crippen LogP contribution in [0.25, 0.3) is 6.08 Å². The van der Waals surface area contributed by atoms with Crippen LogP contribution < -0.4 is 20.9 Å². The van der Waals surface area contributed by atoms with Gasteiger partial charge >= 0.3 is 0 Å². The molecular formula is C32H29FN4O3S. The van der Waals surface area contributed by atoms with Gasteiger partial charge in [0.2, 0.25) is 5.91 Å². The van der Waals surface area contributed by atoms with Gasteiger partial charge in [0.15, 0.2) is 0 Å². The fourth-order valence-corrected chi connectivity index (χ4v) is 4.39. The van der Waals surface area contributed by atoms with Gasteiger partial charge in [0, 0.05) is 41.6 Å². The summed E-state index contributed by atoms with van der Waals surface area (Å²) in [4.78, 5) is 41.1. The number of nitrogens with zero attached hydrogens (tertiary/aromatic N) is 1. The van der Waals surface area contributed by atoms with E-state index in [9.17, 15) is 18.8 Å².